The van der Waals surface area contributed by atoms with E-state index in [1.165, 1.54) is 23.6 Å². The quantitative estimate of drug-likeness (QED) is 0.751. The molecule has 0 atom stereocenters. The van der Waals surface area contributed by atoms with Crippen LogP contribution in [0.15, 0.2) is 0 Å². The Kier molecular flexibility index (Phi) is 5.00. The van der Waals surface area contributed by atoms with Crippen LogP contribution >= 0.6 is 0 Å². The van der Waals surface area contributed by atoms with Crippen LogP contribution in [-0.4, -0.2) is 44.1 Å². The second-order valence-corrected chi connectivity index (χ2v) is 7.27. The number of hydrogen-bond acceptors (Lipinski definition) is 3. The van der Waals surface area contributed by atoms with E-state index in [2.05, 4.69) is 4.72 Å². The Morgan fingerprint density at radius 1 is 1.11 bits per heavy atom. The van der Waals surface area contributed by atoms with E-state index < -0.39 is 10.2 Å². The van der Waals surface area contributed by atoms with Crippen molar-refractivity contribution >= 4 is 10.2 Å². The molecule has 1 aliphatic heterocycles. The third-order valence-electron chi connectivity index (χ3n) is 4.23. The van der Waals surface area contributed by atoms with Gasteiger partial charge in [0.25, 0.3) is 10.2 Å². The minimum Gasteiger partial charge on any atom is -0.396 e. The molecule has 6 heteroatoms. The molecule has 2 N–H and O–H groups in total. The monoisotopic (exact) mass is 276 g/mol. The zero-order valence-corrected chi connectivity index (χ0v) is 11.7. The molecule has 0 spiro atoms. The Bertz CT molecular complexity index is 346. The first-order valence-electron chi connectivity index (χ1n) is 6.97. The van der Waals surface area contributed by atoms with Crippen LogP contribution in [0.5, 0.6) is 0 Å². The van der Waals surface area contributed by atoms with Crippen molar-refractivity contribution in [2.24, 2.45) is 11.8 Å². The fourth-order valence-electron chi connectivity index (χ4n) is 2.60. The molecule has 0 bridgehead atoms. The first-order chi connectivity index (χ1) is 8.62. The van der Waals surface area contributed by atoms with Crippen molar-refractivity contribution in [3.05, 3.63) is 0 Å². The van der Waals surface area contributed by atoms with Gasteiger partial charge in [-0.1, -0.05) is 19.3 Å². The van der Waals surface area contributed by atoms with Gasteiger partial charge in [-0.05, 0) is 31.1 Å². The average Bonchev–Trinajstić information content (AvgIpc) is 2.32. The molecule has 0 aromatic heterocycles. The van der Waals surface area contributed by atoms with Crippen LogP contribution in [0.4, 0.5) is 0 Å². The normalized spacial score (nSPS) is 24.1. The van der Waals surface area contributed by atoms with E-state index in [1.54, 1.807) is 0 Å². The topological polar surface area (TPSA) is 69.6 Å². The molecule has 2 fully saturated rings. The van der Waals surface area contributed by atoms with Gasteiger partial charge in [-0.15, -0.1) is 0 Å². The summed E-state index contributed by atoms with van der Waals surface area (Å²) in [6.45, 7) is 1.80. The SMILES string of the molecule is O=S(=O)(NCCC1CCC1)N1CCC(CO)CC1. The molecule has 0 amide bonds. The van der Waals surface area contributed by atoms with Crippen LogP contribution in [0.1, 0.15) is 38.5 Å². The highest BCUT2D eigenvalue weighted by molar-refractivity contribution is 7.87. The lowest BCUT2D eigenvalue weighted by Crippen LogP contribution is -2.45. The van der Waals surface area contributed by atoms with Gasteiger partial charge in [0.15, 0.2) is 0 Å². The maximum absolute atomic E-state index is 12.0. The third-order valence-corrected chi connectivity index (χ3v) is 5.85. The van der Waals surface area contributed by atoms with E-state index in [-0.39, 0.29) is 12.5 Å². The largest absolute Gasteiger partial charge is 0.396 e. The van der Waals surface area contributed by atoms with Crippen LogP contribution in [0, 0.1) is 11.8 Å². The summed E-state index contributed by atoms with van der Waals surface area (Å²) < 4.78 is 28.3. The van der Waals surface area contributed by atoms with Gasteiger partial charge < -0.3 is 5.11 Å². The van der Waals surface area contributed by atoms with Crippen molar-refractivity contribution in [1.29, 1.82) is 0 Å². The molecule has 0 radical (unpaired) electrons. The van der Waals surface area contributed by atoms with E-state index in [9.17, 15) is 8.42 Å². The average molecular weight is 276 g/mol. The summed E-state index contributed by atoms with van der Waals surface area (Å²) in [7, 11) is -3.29. The predicted octanol–water partition coefficient (Wildman–Crippen LogP) is 0.715. The molecule has 1 heterocycles. The molecule has 0 aromatic rings. The van der Waals surface area contributed by atoms with E-state index in [0.29, 0.717) is 19.6 Å². The standard InChI is InChI=1S/C12H24N2O3S/c15-10-12-5-8-14(9-6-12)18(16,17)13-7-4-11-2-1-3-11/h11-13,15H,1-10H2. The van der Waals surface area contributed by atoms with Gasteiger partial charge in [0.1, 0.15) is 0 Å². The minimum absolute atomic E-state index is 0.170. The number of aliphatic hydroxyl groups is 1. The van der Waals surface area contributed by atoms with Crippen molar-refractivity contribution in [3.63, 3.8) is 0 Å². The summed E-state index contributed by atoms with van der Waals surface area (Å²) in [5, 5.41) is 9.03. The van der Waals surface area contributed by atoms with Crippen LogP contribution in [0.2, 0.25) is 0 Å². The smallest absolute Gasteiger partial charge is 0.279 e. The van der Waals surface area contributed by atoms with Gasteiger partial charge in [-0.3, -0.25) is 0 Å². The summed E-state index contributed by atoms with van der Waals surface area (Å²) in [4.78, 5) is 0. The molecule has 1 saturated carbocycles. The molecule has 18 heavy (non-hydrogen) atoms. The van der Waals surface area contributed by atoms with Crippen molar-refractivity contribution in [3.8, 4) is 0 Å². The number of rotatable bonds is 6. The van der Waals surface area contributed by atoms with Crippen molar-refractivity contribution < 1.29 is 13.5 Å². The number of aliphatic hydroxyl groups excluding tert-OH is 1. The lowest BCUT2D eigenvalue weighted by atomic mass is 9.83. The summed E-state index contributed by atoms with van der Waals surface area (Å²) in [6, 6.07) is 0. The maximum atomic E-state index is 12.0. The second kappa shape index (κ2) is 6.32. The van der Waals surface area contributed by atoms with E-state index in [0.717, 1.165) is 25.2 Å². The summed E-state index contributed by atoms with van der Waals surface area (Å²) >= 11 is 0. The molecule has 5 nitrogen and oxygen atoms in total. The number of nitrogens with one attached hydrogen (secondary N) is 1. The molecule has 1 aliphatic carbocycles. The lowest BCUT2D eigenvalue weighted by Gasteiger charge is -2.31. The molecular weight excluding hydrogens is 252 g/mol. The molecule has 106 valence electrons. The van der Waals surface area contributed by atoms with Crippen molar-refractivity contribution in [1.82, 2.24) is 9.03 Å². The maximum Gasteiger partial charge on any atom is 0.279 e. The Balaban J connectivity index is 1.72. The van der Waals surface area contributed by atoms with Crippen LogP contribution in [0.25, 0.3) is 0 Å². The van der Waals surface area contributed by atoms with E-state index in [4.69, 9.17) is 5.11 Å². The first kappa shape index (κ1) is 14.2. The lowest BCUT2D eigenvalue weighted by molar-refractivity contribution is 0.169. The van der Waals surface area contributed by atoms with E-state index >= 15 is 0 Å². The molecular formula is C12H24N2O3S. The first-order valence-corrected chi connectivity index (χ1v) is 8.41. The summed E-state index contributed by atoms with van der Waals surface area (Å²) in [5.41, 5.74) is 0. The highest BCUT2D eigenvalue weighted by Gasteiger charge is 2.27. The van der Waals surface area contributed by atoms with Gasteiger partial charge >= 0.3 is 0 Å². The van der Waals surface area contributed by atoms with Crippen LogP contribution < -0.4 is 4.72 Å². The Morgan fingerprint density at radius 2 is 1.78 bits per heavy atom. The van der Waals surface area contributed by atoms with Gasteiger partial charge in [0.2, 0.25) is 0 Å². The predicted molar refractivity (Wildman–Crippen MR) is 70.3 cm³/mol. The number of piperidine rings is 1. The molecule has 2 rings (SSSR count). The molecule has 0 unspecified atom stereocenters. The summed E-state index contributed by atoms with van der Waals surface area (Å²) in [6.07, 6.45) is 6.30. The van der Waals surface area contributed by atoms with E-state index in [1.807, 2.05) is 0 Å². The number of hydrogen-bond donors (Lipinski definition) is 2. The Hall–Kier alpha value is -0.170. The highest BCUT2D eigenvalue weighted by atomic mass is 32.2. The van der Waals surface area contributed by atoms with Crippen LogP contribution in [0.3, 0.4) is 0 Å². The zero-order chi connectivity index (χ0) is 13.0. The van der Waals surface area contributed by atoms with Crippen molar-refractivity contribution in [2.75, 3.05) is 26.2 Å². The molecule has 2 aliphatic rings. The highest BCUT2D eigenvalue weighted by Crippen LogP contribution is 2.28. The fourth-order valence-corrected chi connectivity index (χ4v) is 3.85. The van der Waals surface area contributed by atoms with Crippen molar-refractivity contribution in [2.45, 2.75) is 38.5 Å². The second-order valence-electron chi connectivity index (χ2n) is 5.51. The Labute approximate surface area is 110 Å². The fraction of sp³-hybridized carbons (Fsp3) is 1.00. The molecule has 0 aromatic carbocycles. The van der Waals surface area contributed by atoms with Gasteiger partial charge in [-0.2, -0.15) is 12.7 Å². The van der Waals surface area contributed by atoms with Gasteiger partial charge in [-0.25, -0.2) is 4.72 Å². The summed E-state index contributed by atoms with van der Waals surface area (Å²) in [5.74, 6) is 0.999. The van der Waals surface area contributed by atoms with Gasteiger partial charge in [0, 0.05) is 26.2 Å². The number of nitrogens with zero attached hydrogens (tertiary/aromatic N) is 1. The zero-order valence-electron chi connectivity index (χ0n) is 10.8. The Morgan fingerprint density at radius 3 is 2.28 bits per heavy atom. The van der Waals surface area contributed by atoms with Gasteiger partial charge in [0.05, 0.1) is 0 Å². The third kappa shape index (κ3) is 3.66. The van der Waals surface area contributed by atoms with Crippen LogP contribution in [-0.2, 0) is 10.2 Å². The minimum atomic E-state index is -3.29. The molecule has 1 saturated heterocycles.